The molecule has 5 rings (SSSR count). The molecule has 0 saturated heterocycles. The van der Waals surface area contributed by atoms with Gasteiger partial charge >= 0.3 is 0 Å². The molecule has 3 heterocycles. The molecule has 3 N–H and O–H groups in total. The first kappa shape index (κ1) is 18.5. The number of benzene rings is 2. The first-order chi connectivity index (χ1) is 14.5. The number of pyridine rings is 1. The number of para-hydroxylation sites is 1. The predicted octanol–water partition coefficient (Wildman–Crippen LogP) is 5.34. The summed E-state index contributed by atoms with van der Waals surface area (Å²) < 4.78 is 6.17. The molecule has 0 spiro atoms. The number of ether oxygens (including phenoxy) is 1. The number of fused-ring (bicyclic) bond motifs is 2. The fourth-order valence-corrected chi connectivity index (χ4v) is 3.98. The van der Waals surface area contributed by atoms with E-state index in [2.05, 4.69) is 58.7 Å². The summed E-state index contributed by atoms with van der Waals surface area (Å²) in [4.78, 5) is 12.3. The summed E-state index contributed by atoms with van der Waals surface area (Å²) in [5.41, 5.74) is 6.07. The van der Waals surface area contributed by atoms with Crippen molar-refractivity contribution in [1.29, 1.82) is 0 Å². The van der Waals surface area contributed by atoms with E-state index in [0.29, 0.717) is 6.54 Å². The number of nitrogens with zero attached hydrogens (tertiary/aromatic N) is 2. The van der Waals surface area contributed by atoms with E-state index in [1.54, 1.807) is 6.33 Å². The van der Waals surface area contributed by atoms with Gasteiger partial charge in [-0.15, -0.1) is 0 Å². The van der Waals surface area contributed by atoms with Crippen LogP contribution in [-0.2, 0) is 13.0 Å². The quantitative estimate of drug-likeness (QED) is 0.423. The van der Waals surface area contributed by atoms with Crippen LogP contribution in [0.2, 0.25) is 0 Å². The first-order valence-corrected chi connectivity index (χ1v) is 10.2. The summed E-state index contributed by atoms with van der Waals surface area (Å²) in [6, 6.07) is 16.5. The monoisotopic (exact) mass is 399 g/mol. The number of rotatable bonds is 5. The molecular formula is C24H25N5O. The van der Waals surface area contributed by atoms with Crippen molar-refractivity contribution >= 4 is 28.1 Å². The van der Waals surface area contributed by atoms with Gasteiger partial charge in [-0.05, 0) is 51.1 Å². The van der Waals surface area contributed by atoms with Crippen LogP contribution in [0.1, 0.15) is 30.8 Å². The van der Waals surface area contributed by atoms with Crippen LogP contribution in [0.3, 0.4) is 0 Å². The van der Waals surface area contributed by atoms with E-state index < -0.39 is 0 Å². The average Bonchev–Trinajstić information content (AvgIpc) is 3.27. The largest absolute Gasteiger partial charge is 0.485 e. The molecule has 0 bridgehead atoms. The molecule has 30 heavy (non-hydrogen) atoms. The van der Waals surface area contributed by atoms with E-state index in [1.807, 2.05) is 31.2 Å². The normalized spacial score (nSPS) is 14.4. The Balaban J connectivity index is 1.40. The van der Waals surface area contributed by atoms with E-state index >= 15 is 0 Å². The van der Waals surface area contributed by atoms with Crippen LogP contribution in [-0.4, -0.2) is 20.6 Å². The molecule has 152 valence electrons. The van der Waals surface area contributed by atoms with E-state index in [4.69, 9.17) is 9.72 Å². The van der Waals surface area contributed by atoms with Crippen molar-refractivity contribution in [2.75, 3.05) is 10.6 Å². The minimum absolute atomic E-state index is 0.176. The summed E-state index contributed by atoms with van der Waals surface area (Å²) in [6.45, 7) is 6.92. The number of aromatic nitrogens is 3. The Bertz CT molecular complexity index is 1230. The van der Waals surface area contributed by atoms with Crippen molar-refractivity contribution in [3.63, 3.8) is 0 Å². The lowest BCUT2D eigenvalue weighted by molar-refractivity contribution is 0.139. The van der Waals surface area contributed by atoms with E-state index in [1.165, 1.54) is 5.56 Å². The molecule has 0 saturated carbocycles. The standard InChI is InChI=1S/C24H25N5O/c1-15-21(27-14-26-15)13-25-18-7-5-8-19-17(18)10-11-22(28-19)29-20-9-4-6-16-12-24(2,3)30-23(16)20/h4-11,14,25H,12-13H2,1-3H3,(H,26,27)(H,28,29). The lowest BCUT2D eigenvalue weighted by Gasteiger charge is -2.18. The van der Waals surface area contributed by atoms with E-state index in [9.17, 15) is 0 Å². The Morgan fingerprint density at radius 3 is 2.73 bits per heavy atom. The van der Waals surface area contributed by atoms with Gasteiger partial charge in [0.1, 0.15) is 17.2 Å². The van der Waals surface area contributed by atoms with Crippen molar-refractivity contribution < 1.29 is 4.74 Å². The van der Waals surface area contributed by atoms with E-state index in [0.717, 1.165) is 51.7 Å². The third-order valence-electron chi connectivity index (χ3n) is 5.48. The maximum absolute atomic E-state index is 6.17. The highest BCUT2D eigenvalue weighted by Crippen LogP contribution is 2.41. The molecule has 0 amide bonds. The smallest absolute Gasteiger partial charge is 0.146 e. The zero-order valence-electron chi connectivity index (χ0n) is 17.4. The molecule has 4 aromatic rings. The minimum Gasteiger partial charge on any atom is -0.485 e. The van der Waals surface area contributed by atoms with E-state index in [-0.39, 0.29) is 5.60 Å². The van der Waals surface area contributed by atoms with Crippen molar-refractivity contribution in [3.05, 3.63) is 71.8 Å². The number of nitrogens with one attached hydrogen (secondary N) is 3. The zero-order valence-corrected chi connectivity index (χ0v) is 17.4. The highest BCUT2D eigenvalue weighted by atomic mass is 16.5. The first-order valence-electron chi connectivity index (χ1n) is 10.2. The summed E-state index contributed by atoms with van der Waals surface area (Å²) in [5, 5.41) is 8.02. The molecule has 2 aromatic heterocycles. The third-order valence-corrected chi connectivity index (χ3v) is 5.48. The summed E-state index contributed by atoms with van der Waals surface area (Å²) in [5.74, 6) is 1.72. The van der Waals surface area contributed by atoms with Crippen molar-refractivity contribution in [3.8, 4) is 5.75 Å². The Hall–Kier alpha value is -3.54. The predicted molar refractivity (Wildman–Crippen MR) is 121 cm³/mol. The maximum atomic E-state index is 6.17. The van der Waals surface area contributed by atoms with Crippen LogP contribution in [0.5, 0.6) is 5.75 Å². The molecular weight excluding hydrogens is 374 g/mol. The second-order valence-electron chi connectivity index (χ2n) is 8.35. The summed E-state index contributed by atoms with van der Waals surface area (Å²) in [6.07, 6.45) is 2.63. The molecule has 1 aliphatic heterocycles. The van der Waals surface area contributed by atoms with Gasteiger partial charge < -0.3 is 20.4 Å². The van der Waals surface area contributed by atoms with Gasteiger partial charge in [0.2, 0.25) is 0 Å². The summed E-state index contributed by atoms with van der Waals surface area (Å²) >= 11 is 0. The highest BCUT2D eigenvalue weighted by Gasteiger charge is 2.31. The number of hydrogen-bond acceptors (Lipinski definition) is 5. The van der Waals surface area contributed by atoms with Crippen LogP contribution in [0.15, 0.2) is 54.9 Å². The van der Waals surface area contributed by atoms with Gasteiger partial charge in [0.15, 0.2) is 0 Å². The van der Waals surface area contributed by atoms with Crippen LogP contribution in [0.25, 0.3) is 10.9 Å². The Labute approximate surface area is 175 Å². The number of hydrogen-bond donors (Lipinski definition) is 3. The van der Waals surface area contributed by atoms with Crippen molar-refractivity contribution in [1.82, 2.24) is 15.0 Å². The van der Waals surface area contributed by atoms with Crippen LogP contribution in [0.4, 0.5) is 17.2 Å². The Morgan fingerprint density at radius 1 is 1.07 bits per heavy atom. The molecule has 1 aliphatic rings. The Morgan fingerprint density at radius 2 is 1.90 bits per heavy atom. The second kappa shape index (κ2) is 7.06. The second-order valence-corrected chi connectivity index (χ2v) is 8.35. The molecule has 0 unspecified atom stereocenters. The zero-order chi connectivity index (χ0) is 20.7. The van der Waals surface area contributed by atoms with Crippen molar-refractivity contribution in [2.24, 2.45) is 0 Å². The summed E-state index contributed by atoms with van der Waals surface area (Å²) in [7, 11) is 0. The number of aromatic amines is 1. The highest BCUT2D eigenvalue weighted by molar-refractivity contribution is 5.92. The molecule has 2 aromatic carbocycles. The van der Waals surface area contributed by atoms with Gasteiger partial charge in [-0.2, -0.15) is 0 Å². The van der Waals surface area contributed by atoms with Crippen LogP contribution >= 0.6 is 0 Å². The van der Waals surface area contributed by atoms with Gasteiger partial charge in [0.25, 0.3) is 0 Å². The molecule has 0 radical (unpaired) electrons. The van der Waals surface area contributed by atoms with Gasteiger partial charge in [0, 0.05) is 23.1 Å². The Kier molecular flexibility index (Phi) is 4.35. The van der Waals surface area contributed by atoms with Crippen LogP contribution < -0.4 is 15.4 Å². The molecule has 0 aliphatic carbocycles. The molecule has 6 nitrogen and oxygen atoms in total. The fraction of sp³-hybridized carbons (Fsp3) is 0.250. The van der Waals surface area contributed by atoms with Gasteiger partial charge in [-0.25, -0.2) is 9.97 Å². The van der Waals surface area contributed by atoms with Gasteiger partial charge in [-0.1, -0.05) is 18.2 Å². The third kappa shape index (κ3) is 3.45. The molecule has 6 heteroatoms. The number of anilines is 3. The SMILES string of the molecule is Cc1nc[nH]c1CNc1cccc2nc(Nc3cccc4c3OC(C)(C)C4)ccc12. The lowest BCUT2D eigenvalue weighted by atomic mass is 10.0. The van der Waals surface area contributed by atoms with Crippen molar-refractivity contribution in [2.45, 2.75) is 39.3 Å². The van der Waals surface area contributed by atoms with Crippen LogP contribution in [0, 0.1) is 6.92 Å². The molecule has 0 atom stereocenters. The fourth-order valence-electron chi connectivity index (χ4n) is 3.98. The van der Waals surface area contributed by atoms with Gasteiger partial charge in [-0.3, -0.25) is 0 Å². The van der Waals surface area contributed by atoms with Gasteiger partial charge in [0.05, 0.1) is 35.5 Å². The minimum atomic E-state index is -0.176. The number of aryl methyl sites for hydroxylation is 1. The topological polar surface area (TPSA) is 74.9 Å². The lowest BCUT2D eigenvalue weighted by Crippen LogP contribution is -2.24. The maximum Gasteiger partial charge on any atom is 0.146 e. The number of imidazole rings is 1. The molecule has 0 fully saturated rings. The average molecular weight is 399 g/mol. The number of H-pyrrole nitrogens is 1.